The second-order valence-corrected chi connectivity index (χ2v) is 8.10. The summed E-state index contributed by atoms with van der Waals surface area (Å²) in [6, 6.07) is 2.85. The van der Waals surface area contributed by atoms with Gasteiger partial charge in [-0.3, -0.25) is 4.68 Å². The molecule has 0 aliphatic heterocycles. The molecule has 1 aromatic heterocycles. The van der Waals surface area contributed by atoms with Crippen molar-refractivity contribution in [3.8, 4) is 0 Å². The molecule has 0 aromatic carbocycles. The Morgan fingerprint density at radius 1 is 1.25 bits per heavy atom. The zero-order valence-corrected chi connectivity index (χ0v) is 14.1. The normalized spacial score (nSPS) is 22.1. The van der Waals surface area contributed by atoms with Crippen molar-refractivity contribution in [1.29, 1.82) is 0 Å². The van der Waals surface area contributed by atoms with E-state index in [0.29, 0.717) is 16.9 Å². The first-order chi connectivity index (χ1) is 9.21. The molecule has 1 heterocycles. The molecule has 0 saturated heterocycles. The van der Waals surface area contributed by atoms with Gasteiger partial charge in [0.15, 0.2) is 0 Å². The van der Waals surface area contributed by atoms with Crippen LogP contribution in [0.25, 0.3) is 0 Å². The van der Waals surface area contributed by atoms with Gasteiger partial charge < -0.3 is 5.32 Å². The molecular weight excluding hydrogens is 246 g/mol. The van der Waals surface area contributed by atoms with E-state index in [9.17, 15) is 0 Å². The van der Waals surface area contributed by atoms with Gasteiger partial charge in [-0.05, 0) is 42.6 Å². The van der Waals surface area contributed by atoms with Crippen LogP contribution in [0.3, 0.4) is 0 Å². The van der Waals surface area contributed by atoms with Crippen LogP contribution in [0.15, 0.2) is 6.07 Å². The van der Waals surface area contributed by atoms with E-state index in [-0.39, 0.29) is 0 Å². The maximum Gasteiger partial charge on any atom is 0.0625 e. The monoisotopic (exact) mass is 277 g/mol. The highest BCUT2D eigenvalue weighted by Crippen LogP contribution is 2.45. The van der Waals surface area contributed by atoms with Crippen LogP contribution < -0.4 is 5.32 Å². The summed E-state index contributed by atoms with van der Waals surface area (Å²) in [5, 5.41) is 8.29. The SMILES string of the molecule is CCc1cc(CNC2CC(C)(C)CC(C)(C)C2)n(C)n1. The Bertz CT molecular complexity index is 441. The quantitative estimate of drug-likeness (QED) is 0.910. The fraction of sp³-hybridized carbons (Fsp3) is 0.824. The molecule has 1 aliphatic carbocycles. The van der Waals surface area contributed by atoms with Crippen LogP contribution in [0, 0.1) is 10.8 Å². The smallest absolute Gasteiger partial charge is 0.0625 e. The first-order valence-corrected chi connectivity index (χ1v) is 7.96. The number of hydrogen-bond acceptors (Lipinski definition) is 2. The molecule has 20 heavy (non-hydrogen) atoms. The fourth-order valence-electron chi connectivity index (χ4n) is 4.15. The molecule has 0 bridgehead atoms. The Kier molecular flexibility index (Phi) is 4.29. The third kappa shape index (κ3) is 3.85. The van der Waals surface area contributed by atoms with Gasteiger partial charge >= 0.3 is 0 Å². The zero-order chi connectivity index (χ0) is 15.0. The molecule has 3 heteroatoms. The molecule has 1 aromatic rings. The summed E-state index contributed by atoms with van der Waals surface area (Å²) in [6.07, 6.45) is 4.88. The number of aryl methyl sites for hydroxylation is 2. The van der Waals surface area contributed by atoms with Crippen molar-refractivity contribution in [3.63, 3.8) is 0 Å². The minimum absolute atomic E-state index is 0.445. The highest BCUT2D eigenvalue weighted by atomic mass is 15.3. The molecule has 114 valence electrons. The second kappa shape index (κ2) is 5.51. The van der Waals surface area contributed by atoms with Crippen molar-refractivity contribution in [2.45, 2.75) is 72.9 Å². The summed E-state index contributed by atoms with van der Waals surface area (Å²) in [6.45, 7) is 12.7. The van der Waals surface area contributed by atoms with Crippen molar-refractivity contribution in [3.05, 3.63) is 17.5 Å². The van der Waals surface area contributed by atoms with E-state index in [1.54, 1.807) is 0 Å². The van der Waals surface area contributed by atoms with E-state index >= 15 is 0 Å². The van der Waals surface area contributed by atoms with Gasteiger partial charge in [-0.25, -0.2) is 0 Å². The van der Waals surface area contributed by atoms with E-state index in [2.05, 4.69) is 51.1 Å². The fourth-order valence-corrected chi connectivity index (χ4v) is 4.15. The van der Waals surface area contributed by atoms with Gasteiger partial charge in [0.25, 0.3) is 0 Å². The molecule has 1 fully saturated rings. The summed E-state index contributed by atoms with van der Waals surface area (Å²) < 4.78 is 2.02. The first kappa shape index (κ1) is 15.6. The van der Waals surface area contributed by atoms with Gasteiger partial charge in [-0.2, -0.15) is 5.10 Å². The molecule has 0 unspecified atom stereocenters. The number of hydrogen-bond donors (Lipinski definition) is 1. The molecule has 1 N–H and O–H groups in total. The summed E-state index contributed by atoms with van der Waals surface area (Å²) in [5.41, 5.74) is 3.37. The van der Waals surface area contributed by atoms with Gasteiger partial charge in [0.05, 0.1) is 11.4 Å². The van der Waals surface area contributed by atoms with Crippen molar-refractivity contribution in [2.75, 3.05) is 0 Å². The number of rotatable bonds is 4. The summed E-state index contributed by atoms with van der Waals surface area (Å²) in [4.78, 5) is 0. The molecule has 1 aliphatic rings. The van der Waals surface area contributed by atoms with Crippen molar-refractivity contribution < 1.29 is 0 Å². The van der Waals surface area contributed by atoms with Gasteiger partial charge in [-0.1, -0.05) is 34.6 Å². The standard InChI is InChI=1S/C17H31N3/c1-7-13-8-15(20(6)19-13)11-18-14-9-16(2,3)12-17(4,5)10-14/h8,14,18H,7,9-12H2,1-6H3. The average molecular weight is 277 g/mol. The van der Waals surface area contributed by atoms with Gasteiger partial charge in [0.2, 0.25) is 0 Å². The molecule has 3 nitrogen and oxygen atoms in total. The Labute approximate surface area is 124 Å². The van der Waals surface area contributed by atoms with E-state index in [1.807, 2.05) is 11.7 Å². The van der Waals surface area contributed by atoms with Crippen molar-refractivity contribution >= 4 is 0 Å². The van der Waals surface area contributed by atoms with Crippen LogP contribution in [0.2, 0.25) is 0 Å². The topological polar surface area (TPSA) is 29.9 Å². The minimum atomic E-state index is 0.445. The Hall–Kier alpha value is -0.830. The van der Waals surface area contributed by atoms with Crippen LogP contribution in [-0.4, -0.2) is 15.8 Å². The lowest BCUT2D eigenvalue weighted by Crippen LogP contribution is -2.43. The number of nitrogens with zero attached hydrogens (tertiary/aromatic N) is 2. The average Bonchev–Trinajstić information content (AvgIpc) is 2.63. The summed E-state index contributed by atoms with van der Waals surface area (Å²) in [5.74, 6) is 0. The molecule has 0 amide bonds. The number of nitrogens with one attached hydrogen (secondary N) is 1. The predicted octanol–water partition coefficient (Wildman–Crippen LogP) is 3.68. The zero-order valence-electron chi connectivity index (χ0n) is 14.1. The van der Waals surface area contributed by atoms with Crippen LogP contribution in [0.4, 0.5) is 0 Å². The molecule has 2 rings (SSSR count). The molecule has 1 saturated carbocycles. The van der Waals surface area contributed by atoms with E-state index in [1.165, 1.54) is 30.7 Å². The van der Waals surface area contributed by atoms with Crippen LogP contribution in [0.5, 0.6) is 0 Å². The maximum atomic E-state index is 4.53. The lowest BCUT2D eigenvalue weighted by molar-refractivity contribution is 0.0842. The van der Waals surface area contributed by atoms with Crippen molar-refractivity contribution in [1.82, 2.24) is 15.1 Å². The van der Waals surface area contributed by atoms with E-state index < -0.39 is 0 Å². The Morgan fingerprint density at radius 2 is 1.85 bits per heavy atom. The third-order valence-corrected chi connectivity index (χ3v) is 4.52. The van der Waals surface area contributed by atoms with Crippen molar-refractivity contribution in [2.24, 2.45) is 17.9 Å². The van der Waals surface area contributed by atoms with Crippen LogP contribution >= 0.6 is 0 Å². The third-order valence-electron chi connectivity index (χ3n) is 4.52. The van der Waals surface area contributed by atoms with Crippen LogP contribution in [0.1, 0.15) is 65.3 Å². The van der Waals surface area contributed by atoms with Gasteiger partial charge in [0, 0.05) is 19.6 Å². The van der Waals surface area contributed by atoms with Crippen LogP contribution in [-0.2, 0) is 20.0 Å². The number of aromatic nitrogens is 2. The highest BCUT2D eigenvalue weighted by molar-refractivity contribution is 5.10. The van der Waals surface area contributed by atoms with Gasteiger partial charge in [-0.15, -0.1) is 0 Å². The second-order valence-electron chi connectivity index (χ2n) is 8.10. The maximum absolute atomic E-state index is 4.53. The molecule has 0 spiro atoms. The molecule has 0 radical (unpaired) electrons. The van der Waals surface area contributed by atoms with Gasteiger partial charge in [0.1, 0.15) is 0 Å². The predicted molar refractivity (Wildman–Crippen MR) is 84.6 cm³/mol. The minimum Gasteiger partial charge on any atom is -0.308 e. The Balaban J connectivity index is 1.97. The Morgan fingerprint density at radius 3 is 2.35 bits per heavy atom. The van der Waals surface area contributed by atoms with E-state index in [0.717, 1.165) is 13.0 Å². The van der Waals surface area contributed by atoms with E-state index in [4.69, 9.17) is 0 Å². The lowest BCUT2D eigenvalue weighted by atomic mass is 9.63. The highest BCUT2D eigenvalue weighted by Gasteiger charge is 2.38. The largest absolute Gasteiger partial charge is 0.308 e. The first-order valence-electron chi connectivity index (χ1n) is 7.96. The molecule has 0 atom stereocenters. The summed E-state index contributed by atoms with van der Waals surface area (Å²) in [7, 11) is 2.05. The molecular formula is C17H31N3. The summed E-state index contributed by atoms with van der Waals surface area (Å²) >= 11 is 0. The lowest BCUT2D eigenvalue weighted by Gasteiger charge is -2.45.